The SMILES string of the molecule is Cc1csc(N(C(=O)C(C)C)c2ccccc2)n1. The summed E-state index contributed by atoms with van der Waals surface area (Å²) in [5.41, 5.74) is 1.80. The summed E-state index contributed by atoms with van der Waals surface area (Å²) < 4.78 is 0. The molecular weight excluding hydrogens is 244 g/mol. The second-order valence-corrected chi connectivity index (χ2v) is 5.27. The Bertz CT molecular complexity index is 534. The van der Waals surface area contributed by atoms with Gasteiger partial charge in [-0.3, -0.25) is 9.69 Å². The molecule has 94 valence electrons. The van der Waals surface area contributed by atoms with Gasteiger partial charge in [-0.05, 0) is 19.1 Å². The van der Waals surface area contributed by atoms with Crippen molar-refractivity contribution in [2.75, 3.05) is 4.90 Å². The van der Waals surface area contributed by atoms with Crippen LogP contribution in [0, 0.1) is 12.8 Å². The fourth-order valence-corrected chi connectivity index (χ4v) is 2.44. The van der Waals surface area contributed by atoms with E-state index in [0.29, 0.717) is 0 Å². The Labute approximate surface area is 111 Å². The van der Waals surface area contributed by atoms with Gasteiger partial charge in [-0.1, -0.05) is 32.0 Å². The van der Waals surface area contributed by atoms with Crippen LogP contribution in [0.3, 0.4) is 0 Å². The molecule has 1 heterocycles. The van der Waals surface area contributed by atoms with Gasteiger partial charge in [0.1, 0.15) is 0 Å². The lowest BCUT2D eigenvalue weighted by atomic mass is 10.2. The standard InChI is InChI=1S/C14H16N2OS/c1-10(2)13(17)16(12-7-5-4-6-8-12)14-15-11(3)9-18-14/h4-10H,1-3H3. The molecule has 2 aromatic rings. The molecule has 0 fully saturated rings. The second-order valence-electron chi connectivity index (χ2n) is 4.44. The maximum Gasteiger partial charge on any atom is 0.235 e. The lowest BCUT2D eigenvalue weighted by Gasteiger charge is -2.21. The van der Waals surface area contributed by atoms with E-state index in [4.69, 9.17) is 0 Å². The first-order valence-corrected chi connectivity index (χ1v) is 6.78. The first-order valence-electron chi connectivity index (χ1n) is 5.90. The quantitative estimate of drug-likeness (QED) is 0.841. The maximum atomic E-state index is 12.3. The largest absolute Gasteiger partial charge is 0.274 e. The Morgan fingerprint density at radius 2 is 1.94 bits per heavy atom. The number of benzene rings is 1. The molecule has 18 heavy (non-hydrogen) atoms. The summed E-state index contributed by atoms with van der Waals surface area (Å²) in [6.45, 7) is 5.74. The summed E-state index contributed by atoms with van der Waals surface area (Å²) in [7, 11) is 0. The van der Waals surface area contributed by atoms with E-state index in [2.05, 4.69) is 4.98 Å². The van der Waals surface area contributed by atoms with Crippen LogP contribution in [0.2, 0.25) is 0 Å². The molecule has 0 saturated heterocycles. The second kappa shape index (κ2) is 5.31. The van der Waals surface area contributed by atoms with Crippen LogP contribution < -0.4 is 4.90 Å². The highest BCUT2D eigenvalue weighted by Crippen LogP contribution is 2.29. The minimum atomic E-state index is -0.0607. The van der Waals surface area contributed by atoms with Gasteiger partial charge in [0.05, 0.1) is 11.4 Å². The molecule has 0 saturated carbocycles. The minimum absolute atomic E-state index is 0.0607. The Morgan fingerprint density at radius 3 is 2.44 bits per heavy atom. The predicted molar refractivity (Wildman–Crippen MR) is 75.3 cm³/mol. The number of thiazole rings is 1. The number of amides is 1. The molecule has 4 heteroatoms. The molecule has 0 unspecified atom stereocenters. The topological polar surface area (TPSA) is 33.2 Å². The molecule has 0 aliphatic heterocycles. The molecule has 2 rings (SSSR count). The van der Waals surface area contributed by atoms with Crippen LogP contribution in [0.5, 0.6) is 0 Å². The number of rotatable bonds is 3. The van der Waals surface area contributed by atoms with Crippen LogP contribution in [0.1, 0.15) is 19.5 Å². The summed E-state index contributed by atoms with van der Waals surface area (Å²) in [5.74, 6) is 0.00459. The summed E-state index contributed by atoms with van der Waals surface area (Å²) in [5, 5.41) is 2.69. The van der Waals surface area contributed by atoms with Crippen molar-refractivity contribution in [1.82, 2.24) is 4.98 Å². The van der Waals surface area contributed by atoms with Gasteiger partial charge in [-0.2, -0.15) is 0 Å². The van der Waals surface area contributed by atoms with Gasteiger partial charge in [0.25, 0.3) is 0 Å². The predicted octanol–water partition coefficient (Wildman–Crippen LogP) is 3.77. The molecule has 0 atom stereocenters. The summed E-state index contributed by atoms with van der Waals surface area (Å²) >= 11 is 1.49. The molecule has 0 spiro atoms. The fourth-order valence-electron chi connectivity index (χ4n) is 1.61. The third-order valence-electron chi connectivity index (χ3n) is 2.53. The number of hydrogen-bond acceptors (Lipinski definition) is 3. The van der Waals surface area contributed by atoms with E-state index in [1.807, 2.05) is 56.5 Å². The van der Waals surface area contributed by atoms with E-state index < -0.39 is 0 Å². The number of para-hydroxylation sites is 1. The molecule has 0 aliphatic carbocycles. The third kappa shape index (κ3) is 2.59. The normalized spacial score (nSPS) is 10.7. The molecule has 3 nitrogen and oxygen atoms in total. The van der Waals surface area contributed by atoms with Crippen molar-refractivity contribution in [2.45, 2.75) is 20.8 Å². The van der Waals surface area contributed by atoms with Crippen molar-refractivity contribution in [3.8, 4) is 0 Å². The minimum Gasteiger partial charge on any atom is -0.274 e. The van der Waals surface area contributed by atoms with Crippen LogP contribution in [-0.4, -0.2) is 10.9 Å². The molecule has 0 aliphatic rings. The summed E-state index contributed by atoms with van der Waals surface area (Å²) in [6.07, 6.45) is 0. The number of aryl methyl sites for hydroxylation is 1. The molecular formula is C14H16N2OS. The van der Waals surface area contributed by atoms with Gasteiger partial charge in [0.15, 0.2) is 5.13 Å². The van der Waals surface area contributed by atoms with Crippen molar-refractivity contribution < 1.29 is 4.79 Å². The first-order chi connectivity index (χ1) is 8.59. The van der Waals surface area contributed by atoms with Crippen LogP contribution in [0.15, 0.2) is 35.7 Å². The van der Waals surface area contributed by atoms with Crippen molar-refractivity contribution in [3.63, 3.8) is 0 Å². The van der Waals surface area contributed by atoms with E-state index in [0.717, 1.165) is 16.5 Å². The monoisotopic (exact) mass is 260 g/mol. The average Bonchev–Trinajstić information content (AvgIpc) is 2.77. The highest BCUT2D eigenvalue weighted by Gasteiger charge is 2.22. The molecule has 1 aromatic carbocycles. The van der Waals surface area contributed by atoms with Crippen LogP contribution in [0.25, 0.3) is 0 Å². The number of hydrogen-bond donors (Lipinski definition) is 0. The fraction of sp³-hybridized carbons (Fsp3) is 0.286. The van der Waals surface area contributed by atoms with E-state index >= 15 is 0 Å². The van der Waals surface area contributed by atoms with E-state index in [1.54, 1.807) is 4.90 Å². The van der Waals surface area contributed by atoms with Crippen molar-refractivity contribution in [2.24, 2.45) is 5.92 Å². The molecule has 1 amide bonds. The van der Waals surface area contributed by atoms with Crippen LogP contribution in [-0.2, 0) is 4.79 Å². The Kier molecular flexibility index (Phi) is 3.77. The van der Waals surface area contributed by atoms with Gasteiger partial charge in [-0.25, -0.2) is 4.98 Å². The lowest BCUT2D eigenvalue weighted by Crippen LogP contribution is -2.29. The third-order valence-corrected chi connectivity index (χ3v) is 3.47. The molecule has 0 bridgehead atoms. The highest BCUT2D eigenvalue weighted by molar-refractivity contribution is 7.14. The molecule has 0 N–H and O–H groups in total. The number of nitrogens with zero attached hydrogens (tertiary/aromatic N) is 2. The van der Waals surface area contributed by atoms with Gasteiger partial charge >= 0.3 is 0 Å². The Hall–Kier alpha value is -1.68. The van der Waals surface area contributed by atoms with Crippen molar-refractivity contribution in [3.05, 3.63) is 41.4 Å². The zero-order valence-corrected chi connectivity index (χ0v) is 11.6. The van der Waals surface area contributed by atoms with Crippen LogP contribution >= 0.6 is 11.3 Å². The van der Waals surface area contributed by atoms with E-state index in [9.17, 15) is 4.79 Å². The molecule has 0 radical (unpaired) electrons. The lowest BCUT2D eigenvalue weighted by molar-refractivity contribution is -0.120. The number of anilines is 2. The average molecular weight is 260 g/mol. The zero-order chi connectivity index (χ0) is 13.1. The zero-order valence-electron chi connectivity index (χ0n) is 10.8. The van der Waals surface area contributed by atoms with E-state index in [-0.39, 0.29) is 11.8 Å². The van der Waals surface area contributed by atoms with E-state index in [1.165, 1.54) is 11.3 Å². The van der Waals surface area contributed by atoms with Crippen molar-refractivity contribution in [1.29, 1.82) is 0 Å². The smallest absolute Gasteiger partial charge is 0.235 e. The Balaban J connectivity index is 2.44. The number of carbonyl (C=O) groups is 1. The van der Waals surface area contributed by atoms with Gasteiger partial charge in [-0.15, -0.1) is 11.3 Å². The van der Waals surface area contributed by atoms with Gasteiger partial charge < -0.3 is 0 Å². The van der Waals surface area contributed by atoms with Gasteiger partial charge in [0, 0.05) is 11.3 Å². The number of carbonyl (C=O) groups excluding carboxylic acids is 1. The maximum absolute atomic E-state index is 12.3. The summed E-state index contributed by atoms with van der Waals surface area (Å²) in [6, 6.07) is 9.65. The highest BCUT2D eigenvalue weighted by atomic mass is 32.1. The van der Waals surface area contributed by atoms with Crippen LogP contribution in [0.4, 0.5) is 10.8 Å². The van der Waals surface area contributed by atoms with Crippen molar-refractivity contribution >= 4 is 28.1 Å². The van der Waals surface area contributed by atoms with Gasteiger partial charge in [0.2, 0.25) is 5.91 Å². The Morgan fingerprint density at radius 1 is 1.28 bits per heavy atom. The summed E-state index contributed by atoms with van der Waals surface area (Å²) in [4.78, 5) is 18.5. The number of aromatic nitrogens is 1. The molecule has 1 aromatic heterocycles. The first kappa shape index (κ1) is 12.8.